The summed E-state index contributed by atoms with van der Waals surface area (Å²) in [5, 5.41) is 9.77. The minimum absolute atomic E-state index is 0.104. The number of ether oxygens (including phenoxy) is 1. The number of rotatable bonds is 1. The number of aliphatic hydroxyl groups is 1. The number of carbonyl (C=O) groups is 1. The highest BCUT2D eigenvalue weighted by Gasteiger charge is 2.31. The van der Waals surface area contributed by atoms with Crippen LogP contribution in [-0.4, -0.2) is 40.4 Å². The molecule has 0 spiro atoms. The van der Waals surface area contributed by atoms with Crippen LogP contribution in [0, 0.1) is 0 Å². The smallest absolute Gasteiger partial charge is 0.410 e. The summed E-state index contributed by atoms with van der Waals surface area (Å²) in [5.74, 6) is 0. The zero-order chi connectivity index (χ0) is 13.1. The summed E-state index contributed by atoms with van der Waals surface area (Å²) in [6.45, 7) is 8.01. The average molecular weight is 243 g/mol. The van der Waals surface area contributed by atoms with Gasteiger partial charge in [0, 0.05) is 6.54 Å². The summed E-state index contributed by atoms with van der Waals surface area (Å²) in [7, 11) is 0. The van der Waals surface area contributed by atoms with Gasteiger partial charge in [-0.25, -0.2) is 4.79 Å². The lowest BCUT2D eigenvalue weighted by atomic mass is 10.1. The Labute approximate surface area is 104 Å². The maximum absolute atomic E-state index is 12.1. The summed E-state index contributed by atoms with van der Waals surface area (Å²) in [4.78, 5) is 13.8. The van der Waals surface area contributed by atoms with Crippen molar-refractivity contribution in [2.24, 2.45) is 0 Å². The number of nitrogens with zero attached hydrogens (tertiary/aromatic N) is 1. The number of amides is 1. The maximum atomic E-state index is 12.1. The minimum Gasteiger partial charge on any atom is -0.444 e. The average Bonchev–Trinajstić information content (AvgIpc) is 2.39. The molecule has 2 unspecified atom stereocenters. The number of likely N-dealkylation sites (tertiary alicyclic amines) is 1. The third kappa shape index (κ3) is 4.54. The quantitative estimate of drug-likeness (QED) is 0.770. The van der Waals surface area contributed by atoms with Crippen molar-refractivity contribution in [3.05, 3.63) is 0 Å². The van der Waals surface area contributed by atoms with Crippen molar-refractivity contribution >= 4 is 6.09 Å². The van der Waals surface area contributed by atoms with E-state index in [9.17, 15) is 9.90 Å². The molecule has 0 aliphatic carbocycles. The lowest BCUT2D eigenvalue weighted by Crippen LogP contribution is -2.47. The first-order chi connectivity index (χ1) is 7.81. The number of carbonyl (C=O) groups excluding carboxylic acids is 1. The molecule has 1 fully saturated rings. The molecule has 17 heavy (non-hydrogen) atoms. The normalized spacial score (nSPS) is 24.1. The van der Waals surface area contributed by atoms with Crippen LogP contribution in [0.4, 0.5) is 4.79 Å². The molecular formula is C13H25NO3. The zero-order valence-electron chi connectivity index (χ0n) is 11.4. The molecule has 0 saturated carbocycles. The first kappa shape index (κ1) is 14.3. The molecule has 1 aliphatic rings. The molecule has 4 heteroatoms. The molecule has 0 radical (unpaired) electrons. The molecular weight excluding hydrogens is 218 g/mol. The monoisotopic (exact) mass is 243 g/mol. The summed E-state index contributed by atoms with van der Waals surface area (Å²) in [6, 6.07) is -0.104. The molecule has 0 aromatic carbocycles. The van der Waals surface area contributed by atoms with Crippen LogP contribution >= 0.6 is 0 Å². The lowest BCUT2D eigenvalue weighted by molar-refractivity contribution is -0.00202. The molecule has 100 valence electrons. The summed E-state index contributed by atoms with van der Waals surface area (Å²) >= 11 is 0. The van der Waals surface area contributed by atoms with E-state index in [0.717, 1.165) is 25.7 Å². The van der Waals surface area contributed by atoms with Crippen LogP contribution in [0.3, 0.4) is 0 Å². The maximum Gasteiger partial charge on any atom is 0.410 e. The standard InChI is InChI=1S/C13H25NO3/c1-10(15)11-8-6-5-7-9-14(11)12(16)17-13(2,3)4/h10-11,15H,5-9H2,1-4H3. The molecule has 1 aliphatic heterocycles. The fourth-order valence-corrected chi connectivity index (χ4v) is 2.18. The van der Waals surface area contributed by atoms with Crippen molar-refractivity contribution in [3.8, 4) is 0 Å². The minimum atomic E-state index is -0.499. The number of hydrogen-bond acceptors (Lipinski definition) is 3. The van der Waals surface area contributed by atoms with Gasteiger partial charge in [-0.15, -0.1) is 0 Å². The summed E-state index contributed by atoms with van der Waals surface area (Å²) in [5.41, 5.74) is -0.480. The number of aliphatic hydroxyl groups excluding tert-OH is 1. The van der Waals surface area contributed by atoms with Gasteiger partial charge >= 0.3 is 6.09 Å². The third-order valence-corrected chi connectivity index (χ3v) is 2.98. The van der Waals surface area contributed by atoms with Crippen molar-refractivity contribution < 1.29 is 14.6 Å². The highest BCUT2D eigenvalue weighted by atomic mass is 16.6. The van der Waals surface area contributed by atoms with Crippen molar-refractivity contribution in [3.63, 3.8) is 0 Å². The van der Waals surface area contributed by atoms with Crippen molar-refractivity contribution in [2.75, 3.05) is 6.54 Å². The van der Waals surface area contributed by atoms with E-state index in [1.807, 2.05) is 20.8 Å². The van der Waals surface area contributed by atoms with Crippen molar-refractivity contribution in [1.82, 2.24) is 4.90 Å². The summed E-state index contributed by atoms with van der Waals surface area (Å²) < 4.78 is 5.39. The molecule has 4 nitrogen and oxygen atoms in total. The van der Waals surface area contributed by atoms with E-state index in [1.54, 1.807) is 11.8 Å². The Bertz CT molecular complexity index is 258. The van der Waals surface area contributed by atoms with Gasteiger partial charge in [0.2, 0.25) is 0 Å². The fraction of sp³-hybridized carbons (Fsp3) is 0.923. The van der Waals surface area contributed by atoms with Gasteiger partial charge in [-0.1, -0.05) is 12.8 Å². The van der Waals surface area contributed by atoms with Crippen molar-refractivity contribution in [2.45, 2.75) is 71.1 Å². The van der Waals surface area contributed by atoms with Gasteiger partial charge in [0.05, 0.1) is 12.1 Å². The van der Waals surface area contributed by atoms with Crippen LogP contribution in [0.2, 0.25) is 0 Å². The second-order valence-corrected chi connectivity index (χ2v) is 5.83. The van der Waals surface area contributed by atoms with Crippen LogP contribution in [0.5, 0.6) is 0 Å². The van der Waals surface area contributed by atoms with Crippen molar-refractivity contribution in [1.29, 1.82) is 0 Å². The Hall–Kier alpha value is -0.770. The van der Waals surface area contributed by atoms with Crippen LogP contribution in [0.1, 0.15) is 53.4 Å². The van der Waals surface area contributed by atoms with Gasteiger partial charge < -0.3 is 14.7 Å². The molecule has 1 amide bonds. The second kappa shape index (κ2) is 5.71. The first-order valence-corrected chi connectivity index (χ1v) is 6.49. The van der Waals surface area contributed by atoms with Gasteiger partial charge in [0.15, 0.2) is 0 Å². The summed E-state index contributed by atoms with van der Waals surface area (Å²) in [6.07, 6.45) is 3.22. The Morgan fingerprint density at radius 1 is 1.35 bits per heavy atom. The third-order valence-electron chi connectivity index (χ3n) is 2.98. The Morgan fingerprint density at radius 2 is 2.00 bits per heavy atom. The molecule has 0 aromatic rings. The molecule has 1 saturated heterocycles. The van der Waals surface area contributed by atoms with Gasteiger partial charge in [0.1, 0.15) is 5.60 Å². The van der Waals surface area contributed by atoms with E-state index < -0.39 is 11.7 Å². The Balaban J connectivity index is 2.72. The fourth-order valence-electron chi connectivity index (χ4n) is 2.18. The molecule has 2 atom stereocenters. The Morgan fingerprint density at radius 3 is 2.53 bits per heavy atom. The topological polar surface area (TPSA) is 49.8 Å². The van der Waals surface area contributed by atoms with E-state index in [1.165, 1.54) is 0 Å². The van der Waals surface area contributed by atoms with Crippen LogP contribution in [0.25, 0.3) is 0 Å². The molecule has 1 heterocycles. The highest BCUT2D eigenvalue weighted by molar-refractivity contribution is 5.68. The molecule has 1 N–H and O–H groups in total. The molecule has 1 rings (SSSR count). The van der Waals surface area contributed by atoms with E-state index in [-0.39, 0.29) is 12.1 Å². The number of hydrogen-bond donors (Lipinski definition) is 1. The second-order valence-electron chi connectivity index (χ2n) is 5.83. The molecule has 0 aromatic heterocycles. The van der Waals surface area contributed by atoms with E-state index in [0.29, 0.717) is 6.54 Å². The SMILES string of the molecule is CC(O)C1CCCCCN1C(=O)OC(C)(C)C. The van der Waals surface area contributed by atoms with E-state index >= 15 is 0 Å². The lowest BCUT2D eigenvalue weighted by Gasteiger charge is -2.33. The predicted octanol–water partition coefficient (Wildman–Crippen LogP) is 2.55. The van der Waals surface area contributed by atoms with Crippen LogP contribution in [0.15, 0.2) is 0 Å². The first-order valence-electron chi connectivity index (χ1n) is 6.49. The highest BCUT2D eigenvalue weighted by Crippen LogP contribution is 2.22. The van der Waals surface area contributed by atoms with Gasteiger partial charge in [-0.3, -0.25) is 0 Å². The Kier molecular flexibility index (Phi) is 4.80. The molecule has 0 bridgehead atoms. The zero-order valence-corrected chi connectivity index (χ0v) is 11.4. The van der Waals surface area contributed by atoms with Gasteiger partial charge in [-0.2, -0.15) is 0 Å². The van der Waals surface area contributed by atoms with Gasteiger partial charge in [0.25, 0.3) is 0 Å². The van der Waals surface area contributed by atoms with E-state index in [2.05, 4.69) is 0 Å². The van der Waals surface area contributed by atoms with Gasteiger partial charge in [-0.05, 0) is 40.5 Å². The van der Waals surface area contributed by atoms with Crippen LogP contribution in [-0.2, 0) is 4.74 Å². The van der Waals surface area contributed by atoms with Crippen LogP contribution < -0.4 is 0 Å². The largest absolute Gasteiger partial charge is 0.444 e. The van der Waals surface area contributed by atoms with E-state index in [4.69, 9.17) is 4.74 Å². The predicted molar refractivity (Wildman–Crippen MR) is 66.9 cm³/mol.